The second kappa shape index (κ2) is 12.5. The molecule has 46 heavy (non-hydrogen) atoms. The van der Waals surface area contributed by atoms with Crippen LogP contribution >= 0.6 is 0 Å². The number of imidazole rings is 1. The number of aryl methyl sites for hydroxylation is 1. The maximum absolute atomic E-state index is 6.34. The average molecular weight is 772 g/mol. The van der Waals surface area contributed by atoms with Crippen LogP contribution in [0.15, 0.2) is 138 Å². The Morgan fingerprint density at radius 1 is 0.674 bits per heavy atom. The second-order valence-corrected chi connectivity index (χ2v) is 10.6. The molecule has 4 aromatic carbocycles. The van der Waals surface area contributed by atoms with E-state index in [1.54, 1.807) is 12.4 Å². The molecule has 0 unspecified atom stereocenters. The second-order valence-electron chi connectivity index (χ2n) is 10.6. The minimum atomic E-state index is 0. The number of hydrogen-bond donors (Lipinski definition) is 0. The molecule has 9 aromatic rings. The standard InChI is InChI=1S/C28H17N4O.C11H8N.Ir/c1-17-30-24-14-13-18-16-22-20-10-7-11-21(23-12-5-6-15-29-23)27(20)33-28(22)31-25(18)26(24)32(17)19-8-3-2-4-9-19;1-2-6-10(7-3-1)11-8-4-5-9-12-11;/h2-10,12-16H,1H3;1-6,8-9H;/q2*-1;. The molecule has 0 fully saturated rings. The van der Waals surface area contributed by atoms with E-state index in [4.69, 9.17) is 14.4 Å². The molecular formula is C39H25IrN5O-2. The van der Waals surface area contributed by atoms with Gasteiger partial charge in [-0.05, 0) is 54.7 Å². The van der Waals surface area contributed by atoms with Crippen molar-refractivity contribution in [3.05, 3.63) is 152 Å². The van der Waals surface area contributed by atoms with E-state index in [0.717, 1.165) is 72.3 Å². The van der Waals surface area contributed by atoms with Gasteiger partial charge in [0.2, 0.25) is 5.71 Å². The molecule has 0 N–H and O–H groups in total. The Kier molecular flexibility index (Phi) is 7.93. The molecule has 0 aliphatic rings. The summed E-state index contributed by atoms with van der Waals surface area (Å²) < 4.78 is 8.49. The van der Waals surface area contributed by atoms with Crippen molar-refractivity contribution in [3.63, 3.8) is 0 Å². The Labute approximate surface area is 278 Å². The van der Waals surface area contributed by atoms with Gasteiger partial charge in [0.1, 0.15) is 11.3 Å². The van der Waals surface area contributed by atoms with Gasteiger partial charge in [0.05, 0.1) is 16.6 Å². The maximum Gasteiger partial charge on any atom is 0.216 e. The summed E-state index contributed by atoms with van der Waals surface area (Å²) in [5.41, 5.74) is 8.84. The van der Waals surface area contributed by atoms with Gasteiger partial charge in [-0.15, -0.1) is 54.1 Å². The summed E-state index contributed by atoms with van der Waals surface area (Å²) in [5, 5.41) is 3.03. The van der Waals surface area contributed by atoms with Gasteiger partial charge in [-0.2, -0.15) is 0 Å². The normalized spacial score (nSPS) is 11.0. The maximum atomic E-state index is 6.34. The number of rotatable bonds is 3. The zero-order valence-electron chi connectivity index (χ0n) is 24.7. The first kappa shape index (κ1) is 29.2. The SMILES string of the molecule is Cc1nc2ccc3cc4c(nc3c2n1-c1ccccc1)oc1c(-c2ccccn2)[c-]ccc14.[Ir].[c-]1ccccc1-c1ccccn1. The number of fused-ring (bicyclic) bond motifs is 6. The van der Waals surface area contributed by atoms with Crippen LogP contribution in [0, 0.1) is 19.1 Å². The summed E-state index contributed by atoms with van der Waals surface area (Å²) in [6.07, 6.45) is 3.57. The number of aromatic nitrogens is 5. The van der Waals surface area contributed by atoms with E-state index in [-0.39, 0.29) is 20.1 Å². The Morgan fingerprint density at radius 3 is 2.17 bits per heavy atom. The van der Waals surface area contributed by atoms with E-state index >= 15 is 0 Å². The summed E-state index contributed by atoms with van der Waals surface area (Å²) in [6, 6.07) is 46.4. The number of nitrogens with zero attached hydrogens (tertiary/aromatic N) is 5. The minimum Gasteiger partial charge on any atom is -0.486 e. The molecule has 0 spiro atoms. The van der Waals surface area contributed by atoms with Gasteiger partial charge in [0.15, 0.2) is 0 Å². The molecule has 0 atom stereocenters. The molecule has 5 heterocycles. The Balaban J connectivity index is 0.000000220. The van der Waals surface area contributed by atoms with Gasteiger partial charge < -0.3 is 14.4 Å². The molecule has 0 aliphatic heterocycles. The number of benzene rings is 4. The fraction of sp³-hybridized carbons (Fsp3) is 0.0256. The van der Waals surface area contributed by atoms with Crippen molar-refractivity contribution in [2.24, 2.45) is 0 Å². The van der Waals surface area contributed by atoms with E-state index < -0.39 is 0 Å². The fourth-order valence-corrected chi connectivity index (χ4v) is 5.73. The van der Waals surface area contributed by atoms with Crippen molar-refractivity contribution in [2.45, 2.75) is 6.92 Å². The number of para-hydroxylation sites is 1. The molecule has 7 heteroatoms. The van der Waals surface area contributed by atoms with Crippen LogP contribution in [0.2, 0.25) is 0 Å². The van der Waals surface area contributed by atoms with Crippen LogP contribution in [0.1, 0.15) is 5.82 Å². The quantitative estimate of drug-likeness (QED) is 0.168. The number of hydrogen-bond acceptors (Lipinski definition) is 5. The minimum absolute atomic E-state index is 0. The molecule has 0 saturated carbocycles. The van der Waals surface area contributed by atoms with Crippen LogP contribution < -0.4 is 0 Å². The van der Waals surface area contributed by atoms with Crippen LogP contribution in [-0.2, 0) is 20.1 Å². The van der Waals surface area contributed by atoms with Gasteiger partial charge >= 0.3 is 0 Å². The van der Waals surface area contributed by atoms with Gasteiger partial charge in [0.25, 0.3) is 0 Å². The van der Waals surface area contributed by atoms with Crippen molar-refractivity contribution < 1.29 is 24.5 Å². The smallest absolute Gasteiger partial charge is 0.216 e. The first-order valence-electron chi connectivity index (χ1n) is 14.7. The van der Waals surface area contributed by atoms with Crippen LogP contribution in [0.4, 0.5) is 0 Å². The Morgan fingerprint density at radius 2 is 1.43 bits per heavy atom. The zero-order valence-corrected chi connectivity index (χ0v) is 27.1. The largest absolute Gasteiger partial charge is 0.486 e. The molecule has 223 valence electrons. The van der Waals surface area contributed by atoms with E-state index in [9.17, 15) is 0 Å². The van der Waals surface area contributed by atoms with Crippen LogP contribution in [-0.4, -0.2) is 24.5 Å². The predicted octanol–water partition coefficient (Wildman–Crippen LogP) is 9.19. The topological polar surface area (TPSA) is 69.6 Å². The van der Waals surface area contributed by atoms with Gasteiger partial charge in [-0.1, -0.05) is 59.5 Å². The first-order chi connectivity index (χ1) is 22.2. The predicted molar refractivity (Wildman–Crippen MR) is 179 cm³/mol. The summed E-state index contributed by atoms with van der Waals surface area (Å²) in [4.78, 5) is 18.5. The van der Waals surface area contributed by atoms with E-state index in [2.05, 4.69) is 57.0 Å². The van der Waals surface area contributed by atoms with Gasteiger partial charge in [-0.3, -0.25) is 4.57 Å². The molecule has 0 bridgehead atoms. The van der Waals surface area contributed by atoms with Crippen molar-refractivity contribution in [3.8, 4) is 28.2 Å². The van der Waals surface area contributed by atoms with Gasteiger partial charge in [0, 0.05) is 49.0 Å². The molecule has 6 nitrogen and oxygen atoms in total. The third-order valence-corrected chi connectivity index (χ3v) is 7.76. The Bertz CT molecular complexity index is 2390. The third kappa shape index (κ3) is 5.26. The third-order valence-electron chi connectivity index (χ3n) is 7.76. The number of furan rings is 1. The number of pyridine rings is 3. The van der Waals surface area contributed by atoms with Crippen molar-refractivity contribution in [2.75, 3.05) is 0 Å². The molecule has 0 amide bonds. The van der Waals surface area contributed by atoms with Gasteiger partial charge in [-0.25, -0.2) is 9.97 Å². The molecule has 5 aromatic heterocycles. The molecule has 0 saturated heterocycles. The van der Waals surface area contributed by atoms with E-state index in [0.29, 0.717) is 5.71 Å². The van der Waals surface area contributed by atoms with Crippen molar-refractivity contribution in [1.29, 1.82) is 0 Å². The first-order valence-corrected chi connectivity index (χ1v) is 14.7. The fourth-order valence-electron chi connectivity index (χ4n) is 5.73. The zero-order chi connectivity index (χ0) is 30.2. The van der Waals surface area contributed by atoms with Crippen LogP contribution in [0.5, 0.6) is 0 Å². The molecule has 0 aliphatic carbocycles. The molecule has 9 rings (SSSR count). The van der Waals surface area contributed by atoms with Crippen molar-refractivity contribution in [1.82, 2.24) is 24.5 Å². The van der Waals surface area contributed by atoms with E-state index in [1.165, 1.54) is 0 Å². The van der Waals surface area contributed by atoms with Crippen LogP contribution in [0.25, 0.3) is 72.2 Å². The molecular weight excluding hydrogens is 747 g/mol. The van der Waals surface area contributed by atoms with Crippen molar-refractivity contribution >= 4 is 44.0 Å². The summed E-state index contributed by atoms with van der Waals surface area (Å²) in [6.45, 7) is 2.02. The van der Waals surface area contributed by atoms with E-state index in [1.807, 2.05) is 97.9 Å². The summed E-state index contributed by atoms with van der Waals surface area (Å²) in [5.74, 6) is 0.919. The summed E-state index contributed by atoms with van der Waals surface area (Å²) >= 11 is 0. The molecule has 1 radical (unpaired) electrons. The summed E-state index contributed by atoms with van der Waals surface area (Å²) in [7, 11) is 0. The van der Waals surface area contributed by atoms with Crippen LogP contribution in [0.3, 0.4) is 0 Å². The Hall–Kier alpha value is -5.49. The average Bonchev–Trinajstić information content (AvgIpc) is 3.65. The monoisotopic (exact) mass is 772 g/mol.